The van der Waals surface area contributed by atoms with Crippen LogP contribution in [-0.2, 0) is 51.8 Å². The highest BCUT2D eigenvalue weighted by Gasteiger charge is 2.61. The highest BCUT2D eigenvalue weighted by atomic mass is 32.2. The van der Waals surface area contributed by atoms with Crippen LogP contribution in [0.5, 0.6) is 0 Å². The number of benzene rings is 1. The Balaban J connectivity index is 1.39. The van der Waals surface area contributed by atoms with Gasteiger partial charge in [-0.3, -0.25) is 28.8 Å². The minimum Gasteiger partial charge on any atom is -0.444 e. The number of alkyl carbamates (subject to hydrolysis) is 1. The van der Waals surface area contributed by atoms with E-state index in [4.69, 9.17) is 9.47 Å². The number of likely N-dealkylation sites (N-methyl/N-ethyl adjacent to an activating group) is 1. The van der Waals surface area contributed by atoms with E-state index in [0.29, 0.717) is 24.0 Å². The molecule has 17 heteroatoms. The van der Waals surface area contributed by atoms with E-state index in [1.807, 2.05) is 0 Å². The largest absolute Gasteiger partial charge is 0.444 e. The second kappa shape index (κ2) is 15.5. The molecule has 1 aromatic rings. The summed E-state index contributed by atoms with van der Waals surface area (Å²) in [6.45, 7) is 11.9. The van der Waals surface area contributed by atoms with Crippen LogP contribution in [0.4, 0.5) is 14.0 Å². The average molecular weight is 774 g/mol. The van der Waals surface area contributed by atoms with Crippen molar-refractivity contribution >= 4 is 45.7 Å². The number of allylic oxidation sites excluding steroid dienone is 1. The van der Waals surface area contributed by atoms with Crippen LogP contribution >= 0.6 is 0 Å². The number of rotatable bonds is 14. The van der Waals surface area contributed by atoms with E-state index in [1.165, 1.54) is 40.0 Å². The standard InChI is InChI=1S/C37H48FN5O10S/c1-7-23-17-37(23,33(47)40-54(50,51)25-12-13-25)18-30(44)29-16-24(52-35(49)42-19-22-10-9-11-27(38)26(22)21-42)20-43(29)32(46)28(14-15-41(6)31(45)8-2)39-34(48)53-36(3,4)5/h7-11,23-25,28-29H,1-2,12-21H2,3-6H3,(H,39,48)(H,40,47)/t23-,24-,28+,29+,37-/m1/s1. The third-order valence-electron chi connectivity index (χ3n) is 10.2. The highest BCUT2D eigenvalue weighted by Crippen LogP contribution is 2.57. The second-order valence-corrected chi connectivity index (χ2v) is 17.4. The van der Waals surface area contributed by atoms with E-state index >= 15 is 0 Å². The Morgan fingerprint density at radius 3 is 2.43 bits per heavy atom. The topological polar surface area (TPSA) is 189 Å². The van der Waals surface area contributed by atoms with Crippen LogP contribution in [0.25, 0.3) is 0 Å². The zero-order valence-corrected chi connectivity index (χ0v) is 31.8. The number of likely N-dealkylation sites (tertiary alicyclic amines) is 1. The van der Waals surface area contributed by atoms with Gasteiger partial charge in [-0.2, -0.15) is 0 Å². The normalized spacial score (nSPS) is 23.8. The summed E-state index contributed by atoms with van der Waals surface area (Å²) in [5.74, 6) is -3.55. The van der Waals surface area contributed by atoms with Crippen LogP contribution < -0.4 is 10.0 Å². The number of carbonyl (C=O) groups excluding carboxylic acids is 6. The number of nitrogens with zero attached hydrogens (tertiary/aromatic N) is 3. The molecular formula is C37H48FN5O10S. The van der Waals surface area contributed by atoms with E-state index in [1.54, 1.807) is 26.8 Å². The zero-order chi connectivity index (χ0) is 39.7. The third kappa shape index (κ3) is 9.10. The van der Waals surface area contributed by atoms with Gasteiger partial charge in [0.2, 0.25) is 27.7 Å². The van der Waals surface area contributed by atoms with Gasteiger partial charge in [0.1, 0.15) is 23.6 Å². The minimum atomic E-state index is -3.93. The summed E-state index contributed by atoms with van der Waals surface area (Å²) in [6, 6.07) is 1.96. The van der Waals surface area contributed by atoms with Gasteiger partial charge in [0.15, 0.2) is 5.78 Å². The molecule has 5 atom stereocenters. The lowest BCUT2D eigenvalue weighted by Crippen LogP contribution is -2.53. The number of halogens is 1. The lowest BCUT2D eigenvalue weighted by atomic mass is 9.91. The van der Waals surface area contributed by atoms with Crippen LogP contribution in [0.15, 0.2) is 43.5 Å². The number of Topliss-reactive ketones (excluding diaryl/α,β-unsaturated/α-hetero) is 1. The molecule has 0 spiro atoms. The fourth-order valence-corrected chi connectivity index (χ4v) is 8.35. The number of nitrogens with one attached hydrogen (secondary N) is 2. The van der Waals surface area contributed by atoms with Crippen molar-refractivity contribution in [2.45, 2.75) is 101 Å². The average Bonchev–Trinajstić information content (AvgIpc) is 3.99. The number of ether oxygens (including phenoxy) is 2. The first-order valence-corrected chi connectivity index (χ1v) is 19.4. The van der Waals surface area contributed by atoms with Crippen molar-refractivity contribution < 1.29 is 51.0 Å². The lowest BCUT2D eigenvalue weighted by Gasteiger charge is -2.30. The van der Waals surface area contributed by atoms with Crippen molar-refractivity contribution in [3.8, 4) is 0 Å². The van der Waals surface area contributed by atoms with Crippen LogP contribution in [0.2, 0.25) is 0 Å². The Morgan fingerprint density at radius 1 is 1.13 bits per heavy atom. The lowest BCUT2D eigenvalue weighted by molar-refractivity contribution is -0.141. The number of ketones is 1. The van der Waals surface area contributed by atoms with Crippen molar-refractivity contribution in [1.29, 1.82) is 0 Å². The van der Waals surface area contributed by atoms with Crippen molar-refractivity contribution in [1.82, 2.24) is 24.7 Å². The maximum Gasteiger partial charge on any atom is 0.410 e. The molecule has 3 fully saturated rings. The Labute approximate surface area is 314 Å². The first kappa shape index (κ1) is 40.4. The fourth-order valence-electron chi connectivity index (χ4n) is 6.96. The third-order valence-corrected chi connectivity index (χ3v) is 12.0. The molecule has 2 aliphatic heterocycles. The monoisotopic (exact) mass is 773 g/mol. The molecule has 2 saturated carbocycles. The fraction of sp³-hybridized carbons (Fsp3) is 0.568. The summed E-state index contributed by atoms with van der Waals surface area (Å²) in [5.41, 5.74) is -1.37. The number of sulfonamides is 1. The number of amides is 5. The van der Waals surface area contributed by atoms with Crippen LogP contribution in [0, 0.1) is 17.2 Å². The maximum atomic E-state index is 14.4. The quantitative estimate of drug-likeness (QED) is 0.210. The number of hydrogen-bond donors (Lipinski definition) is 2. The number of hydrogen-bond acceptors (Lipinski definition) is 10. The van der Waals surface area contributed by atoms with Crippen molar-refractivity contribution in [2.75, 3.05) is 20.1 Å². The smallest absolute Gasteiger partial charge is 0.410 e. The van der Waals surface area contributed by atoms with Crippen LogP contribution in [0.1, 0.15) is 70.4 Å². The SMILES string of the molecule is C=CC(=O)N(C)CC[C@H](NC(=O)OC(C)(C)C)C(=O)N1C[C@H](OC(=O)N2Cc3cccc(F)c3C2)C[C@H]1C(=O)C[C@]1(C(=O)NS(=O)(=O)C2CC2)C[C@H]1C=C. The second-order valence-electron chi connectivity index (χ2n) is 15.5. The molecular weight excluding hydrogens is 725 g/mol. The molecule has 0 bridgehead atoms. The first-order valence-electron chi connectivity index (χ1n) is 17.9. The molecule has 15 nitrogen and oxygen atoms in total. The molecule has 4 aliphatic rings. The first-order chi connectivity index (χ1) is 25.3. The van der Waals surface area contributed by atoms with Gasteiger partial charge in [-0.1, -0.05) is 24.8 Å². The maximum absolute atomic E-state index is 14.4. The van der Waals surface area contributed by atoms with E-state index in [9.17, 15) is 41.6 Å². The summed E-state index contributed by atoms with van der Waals surface area (Å²) in [6.07, 6.45) is 0.132. The summed E-state index contributed by atoms with van der Waals surface area (Å²) in [5, 5.41) is 1.87. The summed E-state index contributed by atoms with van der Waals surface area (Å²) in [7, 11) is -2.45. The highest BCUT2D eigenvalue weighted by molar-refractivity contribution is 7.90. The Morgan fingerprint density at radius 2 is 1.83 bits per heavy atom. The van der Waals surface area contributed by atoms with Gasteiger partial charge < -0.3 is 24.6 Å². The summed E-state index contributed by atoms with van der Waals surface area (Å²) >= 11 is 0. The minimum absolute atomic E-state index is 0.00618. The summed E-state index contributed by atoms with van der Waals surface area (Å²) in [4.78, 5) is 84.5. The number of carbonyl (C=O) groups is 6. The zero-order valence-electron chi connectivity index (χ0n) is 31.0. The molecule has 2 heterocycles. The Kier molecular flexibility index (Phi) is 11.6. The van der Waals surface area contributed by atoms with Gasteiger partial charge in [-0.15, -0.1) is 6.58 Å². The van der Waals surface area contributed by atoms with Gasteiger partial charge >= 0.3 is 12.2 Å². The van der Waals surface area contributed by atoms with Crippen LogP contribution in [0.3, 0.4) is 0 Å². The Bertz CT molecular complexity index is 1840. The molecule has 1 saturated heterocycles. The molecule has 54 heavy (non-hydrogen) atoms. The van der Waals surface area contributed by atoms with E-state index in [2.05, 4.69) is 23.2 Å². The van der Waals surface area contributed by atoms with Crippen molar-refractivity contribution in [3.05, 3.63) is 60.5 Å². The van der Waals surface area contributed by atoms with Crippen molar-refractivity contribution in [2.24, 2.45) is 11.3 Å². The van der Waals surface area contributed by atoms with Gasteiger partial charge in [-0.25, -0.2) is 22.4 Å². The molecule has 5 rings (SSSR count). The van der Waals surface area contributed by atoms with E-state index < -0.39 is 98.3 Å². The van der Waals surface area contributed by atoms with E-state index in [-0.39, 0.29) is 45.4 Å². The molecule has 0 radical (unpaired) electrons. The number of fused-ring (bicyclic) bond motifs is 1. The predicted molar refractivity (Wildman–Crippen MR) is 192 cm³/mol. The van der Waals surface area contributed by atoms with Crippen molar-refractivity contribution in [3.63, 3.8) is 0 Å². The van der Waals surface area contributed by atoms with Gasteiger partial charge in [0.25, 0.3) is 0 Å². The molecule has 0 aromatic heterocycles. The Hall–Kier alpha value is -4.80. The van der Waals surface area contributed by atoms with Gasteiger partial charge in [-0.05, 0) is 70.1 Å². The predicted octanol–water partition coefficient (Wildman–Crippen LogP) is 2.94. The molecule has 2 N–H and O–H groups in total. The molecule has 0 unspecified atom stereocenters. The van der Waals surface area contributed by atoms with Gasteiger partial charge in [0, 0.05) is 38.5 Å². The van der Waals surface area contributed by atoms with Gasteiger partial charge in [0.05, 0.1) is 29.8 Å². The molecule has 5 amide bonds. The molecule has 2 aliphatic carbocycles. The summed E-state index contributed by atoms with van der Waals surface area (Å²) < 4.78 is 53.1. The van der Waals surface area contributed by atoms with E-state index in [0.717, 1.165) is 6.08 Å². The molecule has 1 aromatic carbocycles. The van der Waals surface area contributed by atoms with Crippen LogP contribution in [-0.4, -0.2) is 108 Å². The molecule has 294 valence electrons.